The van der Waals surface area contributed by atoms with E-state index in [0.29, 0.717) is 25.8 Å². The number of nitrogens with one attached hydrogen (secondary N) is 2. The minimum Gasteiger partial charge on any atom is -0.462 e. The highest BCUT2D eigenvalue weighted by Crippen LogP contribution is 2.43. The van der Waals surface area contributed by atoms with Crippen LogP contribution in [0.2, 0.25) is 0 Å². The normalized spacial score (nSPS) is 13.5. The van der Waals surface area contributed by atoms with Gasteiger partial charge in [0.1, 0.15) is 6.61 Å². The van der Waals surface area contributed by atoms with Crippen molar-refractivity contribution in [3.8, 4) is 0 Å². The fraction of sp³-hybridized carbons (Fsp3) is 0.933. The molecule has 0 aliphatic heterocycles. The number of phosphoric ester groups is 1. The molecule has 3 atom stereocenters. The average Bonchev–Trinajstić information content (AvgIpc) is 3.22. The van der Waals surface area contributed by atoms with Crippen molar-refractivity contribution in [2.75, 3.05) is 46.0 Å². The Morgan fingerprint density at radius 1 is 0.576 bits per heavy atom. The monoisotopic (exact) mass is 863 g/mol. The van der Waals surface area contributed by atoms with Gasteiger partial charge in [0.15, 0.2) is 6.10 Å². The molecule has 350 valence electrons. The zero-order chi connectivity index (χ0) is 43.5. The van der Waals surface area contributed by atoms with Crippen molar-refractivity contribution in [1.29, 1.82) is 0 Å². The van der Waals surface area contributed by atoms with E-state index in [1.165, 1.54) is 116 Å². The highest BCUT2D eigenvalue weighted by Gasteiger charge is 2.26. The number of hydrogen-bond donors (Lipinski definition) is 5. The predicted octanol–water partition coefficient (Wildman–Crippen LogP) is 9.70. The third kappa shape index (κ3) is 41.5. The molecule has 1 amide bonds. The quantitative estimate of drug-likeness (QED) is 0.0221. The van der Waals surface area contributed by atoms with E-state index in [4.69, 9.17) is 30.0 Å². The van der Waals surface area contributed by atoms with Gasteiger partial charge in [-0.1, -0.05) is 168 Å². The molecule has 14 heteroatoms. The second kappa shape index (κ2) is 43.1. The van der Waals surface area contributed by atoms with Crippen LogP contribution >= 0.6 is 7.82 Å². The number of amides is 1. The summed E-state index contributed by atoms with van der Waals surface area (Å²) in [5.41, 5.74) is 11.4. The Morgan fingerprint density at radius 2 is 1.02 bits per heavy atom. The van der Waals surface area contributed by atoms with E-state index in [0.717, 1.165) is 64.5 Å². The fourth-order valence-corrected chi connectivity index (χ4v) is 7.56. The molecular weight excluding hydrogens is 771 g/mol. The van der Waals surface area contributed by atoms with Crippen molar-refractivity contribution < 1.29 is 42.4 Å². The number of hydrogen-bond acceptors (Lipinski definition) is 11. The molecule has 0 aromatic heterocycles. The first kappa shape index (κ1) is 57.4. The predicted molar refractivity (Wildman–Crippen MR) is 240 cm³/mol. The summed E-state index contributed by atoms with van der Waals surface area (Å²) in [7, 11) is -4.58. The van der Waals surface area contributed by atoms with E-state index in [1.54, 1.807) is 0 Å². The van der Waals surface area contributed by atoms with Gasteiger partial charge in [-0.2, -0.15) is 0 Å². The fourth-order valence-electron chi connectivity index (χ4n) is 6.80. The molecule has 0 aromatic carbocycles. The van der Waals surface area contributed by atoms with Crippen molar-refractivity contribution in [3.63, 3.8) is 0 Å². The van der Waals surface area contributed by atoms with Crippen LogP contribution in [0.5, 0.6) is 0 Å². The van der Waals surface area contributed by atoms with Gasteiger partial charge >= 0.3 is 19.8 Å². The van der Waals surface area contributed by atoms with Gasteiger partial charge in [0.05, 0.1) is 19.3 Å². The number of carbonyl (C=O) groups is 3. The third-order valence-corrected chi connectivity index (χ3v) is 11.5. The standard InChI is InChI=1S/C45H91N4O9P/c1-3-5-7-9-11-13-15-17-19-21-23-25-27-32-43(50)55-39-41(58-44(51)33-28-26-24-22-20-18-16-14-12-10-8-6-4-2)40-57-59(53,54)56-38-37-49-45(52)42(47)31-29-35-48-36-30-34-46/h41-42,48H,3-40,46-47H2,1-2H3,(H,49,52)(H,53,54). The lowest BCUT2D eigenvalue weighted by Gasteiger charge is -2.20. The summed E-state index contributed by atoms with van der Waals surface area (Å²) < 4.78 is 33.8. The maximum Gasteiger partial charge on any atom is 0.472 e. The topological polar surface area (TPSA) is 202 Å². The van der Waals surface area contributed by atoms with Crippen LogP contribution in [-0.4, -0.2) is 80.9 Å². The van der Waals surface area contributed by atoms with Crippen molar-refractivity contribution >= 4 is 25.7 Å². The molecule has 7 N–H and O–H groups in total. The van der Waals surface area contributed by atoms with Crippen molar-refractivity contribution in [1.82, 2.24) is 10.6 Å². The highest BCUT2D eigenvalue weighted by atomic mass is 31.2. The van der Waals surface area contributed by atoms with E-state index in [-0.39, 0.29) is 38.5 Å². The Hall–Kier alpha value is -1.60. The zero-order valence-electron chi connectivity index (χ0n) is 37.8. The molecule has 59 heavy (non-hydrogen) atoms. The average molecular weight is 863 g/mol. The van der Waals surface area contributed by atoms with Crippen LogP contribution < -0.4 is 22.1 Å². The molecule has 0 bridgehead atoms. The Morgan fingerprint density at radius 3 is 1.49 bits per heavy atom. The molecule has 0 fully saturated rings. The molecule has 0 aromatic rings. The van der Waals surface area contributed by atoms with Crippen LogP contribution in [0.15, 0.2) is 0 Å². The summed E-state index contributed by atoms with van der Waals surface area (Å²) in [6.07, 6.45) is 32.6. The van der Waals surface area contributed by atoms with Gasteiger partial charge in [0.2, 0.25) is 5.91 Å². The molecule has 0 radical (unpaired) electrons. The van der Waals surface area contributed by atoms with Crippen LogP contribution in [0.3, 0.4) is 0 Å². The number of unbranched alkanes of at least 4 members (excludes halogenated alkanes) is 24. The Labute approximate surface area is 360 Å². The van der Waals surface area contributed by atoms with Gasteiger partial charge in [-0.15, -0.1) is 0 Å². The maximum absolute atomic E-state index is 12.7. The van der Waals surface area contributed by atoms with Gasteiger partial charge in [0.25, 0.3) is 0 Å². The molecule has 0 spiro atoms. The third-order valence-electron chi connectivity index (χ3n) is 10.5. The first-order valence-electron chi connectivity index (χ1n) is 24.1. The molecule has 3 unspecified atom stereocenters. The van der Waals surface area contributed by atoms with Crippen LogP contribution in [0.1, 0.15) is 213 Å². The molecule has 13 nitrogen and oxygen atoms in total. The van der Waals surface area contributed by atoms with Crippen molar-refractivity contribution in [3.05, 3.63) is 0 Å². The lowest BCUT2D eigenvalue weighted by Crippen LogP contribution is -2.42. The van der Waals surface area contributed by atoms with Gasteiger partial charge < -0.3 is 36.5 Å². The van der Waals surface area contributed by atoms with E-state index in [2.05, 4.69) is 24.5 Å². The van der Waals surface area contributed by atoms with E-state index in [1.807, 2.05) is 0 Å². The summed E-state index contributed by atoms with van der Waals surface area (Å²) in [5.74, 6) is -1.28. The molecule has 0 rings (SSSR count). The van der Waals surface area contributed by atoms with Crippen LogP contribution in [0, 0.1) is 0 Å². The summed E-state index contributed by atoms with van der Waals surface area (Å²) in [6.45, 7) is 5.49. The number of ether oxygens (including phenoxy) is 2. The molecule has 0 saturated carbocycles. The second-order valence-corrected chi connectivity index (χ2v) is 17.8. The van der Waals surface area contributed by atoms with E-state index < -0.39 is 38.5 Å². The molecule has 0 heterocycles. The Bertz CT molecular complexity index is 1030. The van der Waals surface area contributed by atoms with Gasteiger partial charge in [-0.05, 0) is 51.7 Å². The molecule has 0 aliphatic rings. The van der Waals surface area contributed by atoms with E-state index >= 15 is 0 Å². The van der Waals surface area contributed by atoms with Crippen LogP contribution in [0.4, 0.5) is 0 Å². The zero-order valence-corrected chi connectivity index (χ0v) is 38.7. The minimum atomic E-state index is -4.58. The maximum atomic E-state index is 12.7. The minimum absolute atomic E-state index is 0.0520. The number of carbonyl (C=O) groups excluding carboxylic acids is 3. The van der Waals surface area contributed by atoms with Gasteiger partial charge in [-0.25, -0.2) is 4.57 Å². The number of nitrogens with two attached hydrogens (primary N) is 2. The SMILES string of the molecule is CCCCCCCCCCCCCCCC(=O)OCC(COP(=O)(O)OCCNC(=O)C(N)CCCNCCCN)OC(=O)CCCCCCCCCCCCCCC. The number of phosphoric acid groups is 1. The lowest BCUT2D eigenvalue weighted by atomic mass is 10.0. The van der Waals surface area contributed by atoms with E-state index in [9.17, 15) is 23.8 Å². The first-order chi connectivity index (χ1) is 28.6. The summed E-state index contributed by atoms with van der Waals surface area (Å²) in [4.78, 5) is 47.9. The second-order valence-electron chi connectivity index (χ2n) is 16.3. The molecular formula is C45H91N4O9P. The molecule has 0 aliphatic carbocycles. The Balaban J connectivity index is 4.59. The van der Waals surface area contributed by atoms with Gasteiger partial charge in [-0.3, -0.25) is 23.4 Å². The first-order valence-corrected chi connectivity index (χ1v) is 25.6. The molecule has 0 saturated heterocycles. The summed E-state index contributed by atoms with van der Waals surface area (Å²) in [5, 5.41) is 5.83. The smallest absolute Gasteiger partial charge is 0.462 e. The van der Waals surface area contributed by atoms with Gasteiger partial charge in [0, 0.05) is 19.4 Å². The van der Waals surface area contributed by atoms with Crippen LogP contribution in [-0.2, 0) is 37.5 Å². The van der Waals surface area contributed by atoms with Crippen molar-refractivity contribution in [2.45, 2.75) is 225 Å². The largest absolute Gasteiger partial charge is 0.472 e. The van der Waals surface area contributed by atoms with Crippen LogP contribution in [0.25, 0.3) is 0 Å². The summed E-state index contributed by atoms with van der Waals surface area (Å²) in [6, 6.07) is -0.717. The lowest BCUT2D eigenvalue weighted by molar-refractivity contribution is -0.161. The number of esters is 2. The summed E-state index contributed by atoms with van der Waals surface area (Å²) >= 11 is 0. The van der Waals surface area contributed by atoms with Crippen molar-refractivity contribution in [2.24, 2.45) is 11.5 Å². The Kier molecular flexibility index (Phi) is 41.9. The number of rotatable bonds is 46. The highest BCUT2D eigenvalue weighted by molar-refractivity contribution is 7.47.